The van der Waals surface area contributed by atoms with Crippen molar-refractivity contribution in [3.8, 4) is 0 Å². The van der Waals surface area contributed by atoms with Gasteiger partial charge in [0.05, 0.1) is 12.7 Å². The van der Waals surface area contributed by atoms with E-state index in [1.54, 1.807) is 7.05 Å². The van der Waals surface area contributed by atoms with Gasteiger partial charge in [-0.25, -0.2) is 0 Å². The fraction of sp³-hybridized carbons (Fsp3) is 0.933. The van der Waals surface area contributed by atoms with Crippen LogP contribution in [-0.4, -0.2) is 63.3 Å². The molecular weight excluding hydrogens is 290 g/mol. The van der Waals surface area contributed by atoms with Gasteiger partial charge in [0.1, 0.15) is 0 Å². The van der Waals surface area contributed by atoms with Gasteiger partial charge in [0, 0.05) is 33.1 Å². The highest BCUT2D eigenvalue weighted by Crippen LogP contribution is 2.18. The zero-order valence-electron chi connectivity index (χ0n) is 13.1. The molecular formula is C15H30ClN3O2. The average molecular weight is 320 g/mol. The van der Waals surface area contributed by atoms with Gasteiger partial charge in [0.15, 0.2) is 0 Å². The lowest BCUT2D eigenvalue weighted by Crippen LogP contribution is -2.42. The van der Waals surface area contributed by atoms with Crippen LogP contribution in [0.2, 0.25) is 0 Å². The average Bonchev–Trinajstić information content (AvgIpc) is 2.50. The number of amides is 1. The third kappa shape index (κ3) is 6.96. The molecule has 0 aliphatic carbocycles. The summed E-state index contributed by atoms with van der Waals surface area (Å²) in [6.45, 7) is 6.47. The normalized spacial score (nSPS) is 21.8. The van der Waals surface area contributed by atoms with Crippen LogP contribution in [0, 0.1) is 5.92 Å². The number of rotatable bonds is 6. The standard InChI is InChI=1S/C15H29N3O2.ClH/c1-16-15(19)6-11-20-14-4-9-18(10-5-14)12-13-2-7-17-8-3-13;/h13-14,17H,2-12H2,1H3,(H,16,19);1H. The number of nitrogens with one attached hydrogen (secondary N) is 2. The maximum absolute atomic E-state index is 11.1. The fourth-order valence-electron chi connectivity index (χ4n) is 3.13. The molecule has 2 heterocycles. The van der Waals surface area contributed by atoms with Crippen molar-refractivity contribution >= 4 is 18.3 Å². The fourth-order valence-corrected chi connectivity index (χ4v) is 3.13. The molecule has 0 aromatic rings. The third-order valence-electron chi connectivity index (χ3n) is 4.47. The Balaban J connectivity index is 0.00000220. The molecule has 0 spiro atoms. The van der Waals surface area contributed by atoms with E-state index in [1.165, 1.54) is 32.5 Å². The van der Waals surface area contributed by atoms with Crippen molar-refractivity contribution in [1.29, 1.82) is 0 Å². The first-order valence-electron chi connectivity index (χ1n) is 8.03. The van der Waals surface area contributed by atoms with Crippen LogP contribution >= 0.6 is 12.4 Å². The highest BCUT2D eigenvalue weighted by Gasteiger charge is 2.23. The van der Waals surface area contributed by atoms with Gasteiger partial charge in [0.25, 0.3) is 0 Å². The van der Waals surface area contributed by atoms with E-state index in [1.807, 2.05) is 0 Å². The zero-order valence-corrected chi connectivity index (χ0v) is 13.9. The SMILES string of the molecule is CNC(=O)CCOC1CCN(CC2CCNCC2)CC1.Cl. The molecule has 2 aliphatic rings. The summed E-state index contributed by atoms with van der Waals surface area (Å²) in [4.78, 5) is 13.7. The van der Waals surface area contributed by atoms with E-state index in [-0.39, 0.29) is 18.3 Å². The minimum Gasteiger partial charge on any atom is -0.378 e. The van der Waals surface area contributed by atoms with Gasteiger partial charge in [-0.3, -0.25) is 4.79 Å². The summed E-state index contributed by atoms with van der Waals surface area (Å²) < 4.78 is 5.80. The van der Waals surface area contributed by atoms with Gasteiger partial charge in [-0.15, -0.1) is 12.4 Å². The van der Waals surface area contributed by atoms with E-state index >= 15 is 0 Å². The molecule has 2 N–H and O–H groups in total. The summed E-state index contributed by atoms with van der Waals surface area (Å²) in [6.07, 6.45) is 5.69. The second-order valence-electron chi connectivity index (χ2n) is 5.99. The van der Waals surface area contributed by atoms with E-state index in [9.17, 15) is 4.79 Å². The van der Waals surface area contributed by atoms with Crippen molar-refractivity contribution in [3.63, 3.8) is 0 Å². The summed E-state index contributed by atoms with van der Waals surface area (Å²) in [5, 5.41) is 6.05. The largest absolute Gasteiger partial charge is 0.378 e. The third-order valence-corrected chi connectivity index (χ3v) is 4.47. The molecule has 2 aliphatic heterocycles. The van der Waals surface area contributed by atoms with Crippen molar-refractivity contribution in [2.75, 3.05) is 46.4 Å². The molecule has 0 aromatic carbocycles. The molecule has 0 aromatic heterocycles. The number of nitrogens with zero attached hydrogens (tertiary/aromatic N) is 1. The van der Waals surface area contributed by atoms with E-state index in [0.717, 1.165) is 31.8 Å². The molecule has 5 nitrogen and oxygen atoms in total. The van der Waals surface area contributed by atoms with E-state index in [0.29, 0.717) is 19.1 Å². The lowest BCUT2D eigenvalue weighted by atomic mass is 9.96. The van der Waals surface area contributed by atoms with E-state index in [4.69, 9.17) is 4.74 Å². The summed E-state index contributed by atoms with van der Waals surface area (Å²) >= 11 is 0. The minimum absolute atomic E-state index is 0. The summed E-state index contributed by atoms with van der Waals surface area (Å²) in [5.74, 6) is 0.940. The first kappa shape index (κ1) is 18.7. The zero-order chi connectivity index (χ0) is 14.2. The Bertz CT molecular complexity index is 291. The van der Waals surface area contributed by atoms with Crippen LogP contribution in [0.25, 0.3) is 0 Å². The number of ether oxygens (including phenoxy) is 1. The highest BCUT2D eigenvalue weighted by molar-refractivity contribution is 5.85. The number of hydrogen-bond donors (Lipinski definition) is 2. The summed E-state index contributed by atoms with van der Waals surface area (Å²) in [6, 6.07) is 0. The van der Waals surface area contributed by atoms with Crippen molar-refractivity contribution in [2.24, 2.45) is 5.92 Å². The van der Waals surface area contributed by atoms with Crippen LogP contribution in [0.4, 0.5) is 0 Å². The molecule has 0 atom stereocenters. The predicted molar refractivity (Wildman–Crippen MR) is 86.9 cm³/mol. The highest BCUT2D eigenvalue weighted by atomic mass is 35.5. The van der Waals surface area contributed by atoms with Gasteiger partial charge in [-0.1, -0.05) is 0 Å². The Labute approximate surface area is 134 Å². The molecule has 0 saturated carbocycles. The number of halogens is 1. The lowest BCUT2D eigenvalue weighted by Gasteiger charge is -2.35. The van der Waals surface area contributed by atoms with Gasteiger partial charge in [-0.05, 0) is 44.7 Å². The van der Waals surface area contributed by atoms with Crippen LogP contribution in [0.1, 0.15) is 32.1 Å². The first-order chi connectivity index (χ1) is 9.78. The van der Waals surface area contributed by atoms with Crippen LogP contribution in [-0.2, 0) is 9.53 Å². The number of likely N-dealkylation sites (tertiary alicyclic amines) is 1. The Morgan fingerprint density at radius 2 is 1.90 bits per heavy atom. The van der Waals surface area contributed by atoms with Crippen molar-refractivity contribution < 1.29 is 9.53 Å². The second kappa shape index (κ2) is 10.4. The number of carbonyl (C=O) groups excluding carboxylic acids is 1. The summed E-state index contributed by atoms with van der Waals surface area (Å²) in [7, 11) is 1.67. The second-order valence-corrected chi connectivity index (χ2v) is 5.99. The Morgan fingerprint density at radius 1 is 1.24 bits per heavy atom. The number of carbonyl (C=O) groups is 1. The minimum atomic E-state index is 0. The monoisotopic (exact) mass is 319 g/mol. The quantitative estimate of drug-likeness (QED) is 0.767. The van der Waals surface area contributed by atoms with Crippen LogP contribution in [0.3, 0.4) is 0 Å². The van der Waals surface area contributed by atoms with Gasteiger partial charge in [0.2, 0.25) is 5.91 Å². The predicted octanol–water partition coefficient (Wildman–Crippen LogP) is 1.02. The molecule has 124 valence electrons. The van der Waals surface area contributed by atoms with Gasteiger partial charge in [-0.2, -0.15) is 0 Å². The maximum Gasteiger partial charge on any atom is 0.222 e. The Hall–Kier alpha value is -0.360. The van der Waals surface area contributed by atoms with Gasteiger partial charge >= 0.3 is 0 Å². The van der Waals surface area contributed by atoms with Crippen LogP contribution < -0.4 is 10.6 Å². The van der Waals surface area contributed by atoms with Crippen LogP contribution in [0.15, 0.2) is 0 Å². The maximum atomic E-state index is 11.1. The molecule has 21 heavy (non-hydrogen) atoms. The molecule has 0 radical (unpaired) electrons. The van der Waals surface area contributed by atoms with Crippen molar-refractivity contribution in [3.05, 3.63) is 0 Å². The van der Waals surface area contributed by atoms with Crippen molar-refractivity contribution in [2.45, 2.75) is 38.2 Å². The van der Waals surface area contributed by atoms with E-state index in [2.05, 4.69) is 15.5 Å². The van der Waals surface area contributed by atoms with Gasteiger partial charge < -0.3 is 20.3 Å². The topological polar surface area (TPSA) is 53.6 Å². The molecule has 1 amide bonds. The molecule has 2 saturated heterocycles. The Morgan fingerprint density at radius 3 is 2.52 bits per heavy atom. The first-order valence-corrected chi connectivity index (χ1v) is 8.03. The molecule has 6 heteroatoms. The molecule has 0 bridgehead atoms. The molecule has 0 unspecified atom stereocenters. The number of piperidine rings is 2. The number of hydrogen-bond acceptors (Lipinski definition) is 4. The summed E-state index contributed by atoms with van der Waals surface area (Å²) in [5.41, 5.74) is 0. The lowest BCUT2D eigenvalue weighted by molar-refractivity contribution is -0.122. The Kier molecular flexibility index (Phi) is 9.24. The van der Waals surface area contributed by atoms with Crippen LogP contribution in [0.5, 0.6) is 0 Å². The van der Waals surface area contributed by atoms with Crippen molar-refractivity contribution in [1.82, 2.24) is 15.5 Å². The molecule has 2 rings (SSSR count). The van der Waals surface area contributed by atoms with E-state index < -0.39 is 0 Å². The molecule has 2 fully saturated rings. The smallest absolute Gasteiger partial charge is 0.222 e.